The van der Waals surface area contributed by atoms with Crippen molar-refractivity contribution in [1.82, 2.24) is 0 Å². The molecule has 0 spiro atoms. The molecule has 0 heterocycles. The topological polar surface area (TPSA) is 52.6 Å². The summed E-state index contributed by atoms with van der Waals surface area (Å²) in [5.74, 6) is -0.688. The van der Waals surface area contributed by atoms with Crippen LogP contribution in [0.5, 0.6) is 0 Å². The molecule has 12 heavy (non-hydrogen) atoms. The van der Waals surface area contributed by atoms with E-state index in [0.717, 1.165) is 0 Å². The van der Waals surface area contributed by atoms with Gasteiger partial charge >= 0.3 is 5.97 Å². The average Bonchev–Trinajstić information content (AvgIpc) is 2.02. The van der Waals surface area contributed by atoms with Crippen LogP contribution in [0.3, 0.4) is 0 Å². The minimum Gasteiger partial charge on any atom is -0.453 e. The molecule has 0 aliphatic heterocycles. The molecule has 70 valence electrons. The highest BCUT2D eigenvalue weighted by molar-refractivity contribution is 5.84. The van der Waals surface area contributed by atoms with Crippen molar-refractivity contribution in [3.05, 3.63) is 0 Å². The fraction of sp³-hybridized carbons (Fsp3) is 0.750. The number of carbonyl (C=O) groups excluding carboxylic acids is 2. The van der Waals surface area contributed by atoms with Crippen LogP contribution >= 0.6 is 0 Å². The lowest BCUT2D eigenvalue weighted by Crippen LogP contribution is -2.29. The predicted octanol–water partition coefficient (Wildman–Crippen LogP) is 0.542. The molecule has 4 nitrogen and oxygen atoms in total. The summed E-state index contributed by atoms with van der Waals surface area (Å²) < 4.78 is 9.46. The molecule has 0 N–H and O–H groups in total. The Kier molecular flexibility index (Phi) is 4.51. The SMILES string of the molecule is CO[C@H](C)C(=O)O[C@H](C)C(C)=O. The Morgan fingerprint density at radius 1 is 1.17 bits per heavy atom. The molecule has 0 fully saturated rings. The number of hydrogen-bond donors (Lipinski definition) is 0. The molecule has 4 heteroatoms. The van der Waals surface area contributed by atoms with Gasteiger partial charge in [-0.3, -0.25) is 4.79 Å². The minimum absolute atomic E-state index is 0.174. The van der Waals surface area contributed by atoms with Crippen LogP contribution in [0.1, 0.15) is 20.8 Å². The van der Waals surface area contributed by atoms with Crippen molar-refractivity contribution in [2.75, 3.05) is 7.11 Å². The number of hydrogen-bond acceptors (Lipinski definition) is 4. The summed E-state index contributed by atoms with van der Waals surface area (Å²) in [5.41, 5.74) is 0. The molecule has 0 aliphatic carbocycles. The zero-order valence-corrected chi connectivity index (χ0v) is 7.79. The fourth-order valence-corrected chi connectivity index (χ4v) is 0.449. The number of ketones is 1. The van der Waals surface area contributed by atoms with E-state index in [9.17, 15) is 9.59 Å². The number of carbonyl (C=O) groups is 2. The van der Waals surface area contributed by atoms with Gasteiger partial charge in [0.2, 0.25) is 0 Å². The van der Waals surface area contributed by atoms with E-state index in [1.165, 1.54) is 21.0 Å². The molecule has 0 aromatic carbocycles. The van der Waals surface area contributed by atoms with E-state index in [2.05, 4.69) is 0 Å². The van der Waals surface area contributed by atoms with Gasteiger partial charge in [-0.1, -0.05) is 0 Å². The molecule has 0 unspecified atom stereocenters. The molecule has 0 aromatic rings. The van der Waals surface area contributed by atoms with Crippen LogP contribution in [0, 0.1) is 0 Å². The van der Waals surface area contributed by atoms with Gasteiger partial charge in [0.25, 0.3) is 0 Å². The smallest absolute Gasteiger partial charge is 0.335 e. The largest absolute Gasteiger partial charge is 0.453 e. The zero-order chi connectivity index (χ0) is 9.72. The van der Waals surface area contributed by atoms with Gasteiger partial charge in [-0.05, 0) is 20.8 Å². The highest BCUT2D eigenvalue weighted by Gasteiger charge is 2.18. The van der Waals surface area contributed by atoms with Crippen molar-refractivity contribution in [1.29, 1.82) is 0 Å². The van der Waals surface area contributed by atoms with Crippen LogP contribution in [0.25, 0.3) is 0 Å². The van der Waals surface area contributed by atoms with E-state index in [1.54, 1.807) is 6.92 Å². The molecular weight excluding hydrogens is 160 g/mol. The maximum absolute atomic E-state index is 11.0. The lowest BCUT2D eigenvalue weighted by molar-refractivity contribution is -0.162. The van der Waals surface area contributed by atoms with Crippen molar-refractivity contribution < 1.29 is 19.1 Å². The molecule has 0 aliphatic rings. The predicted molar refractivity (Wildman–Crippen MR) is 42.7 cm³/mol. The average molecular weight is 174 g/mol. The first-order valence-electron chi connectivity index (χ1n) is 3.72. The third-order valence-electron chi connectivity index (χ3n) is 1.55. The maximum Gasteiger partial charge on any atom is 0.335 e. The van der Waals surface area contributed by atoms with Gasteiger partial charge in [0.15, 0.2) is 18.0 Å². The minimum atomic E-state index is -0.685. The summed E-state index contributed by atoms with van der Waals surface area (Å²) in [6.07, 6.45) is -1.30. The highest BCUT2D eigenvalue weighted by Crippen LogP contribution is 1.98. The van der Waals surface area contributed by atoms with Crippen molar-refractivity contribution in [3.8, 4) is 0 Å². The van der Waals surface area contributed by atoms with E-state index >= 15 is 0 Å². The summed E-state index contributed by atoms with van der Waals surface area (Å²) in [5, 5.41) is 0. The highest BCUT2D eigenvalue weighted by atomic mass is 16.6. The van der Waals surface area contributed by atoms with E-state index in [-0.39, 0.29) is 5.78 Å². The molecule has 2 atom stereocenters. The van der Waals surface area contributed by atoms with Crippen molar-refractivity contribution in [2.24, 2.45) is 0 Å². The Hall–Kier alpha value is -0.900. The van der Waals surface area contributed by atoms with E-state index < -0.39 is 18.2 Å². The second-order valence-corrected chi connectivity index (χ2v) is 2.57. The molecule has 0 saturated carbocycles. The van der Waals surface area contributed by atoms with Gasteiger partial charge in [-0.25, -0.2) is 4.79 Å². The van der Waals surface area contributed by atoms with Crippen LogP contribution in [0.2, 0.25) is 0 Å². The van der Waals surface area contributed by atoms with Crippen LogP contribution in [-0.2, 0) is 19.1 Å². The van der Waals surface area contributed by atoms with Crippen molar-refractivity contribution in [3.63, 3.8) is 0 Å². The first-order chi connectivity index (χ1) is 5.49. The Morgan fingerprint density at radius 3 is 2.00 bits per heavy atom. The third kappa shape index (κ3) is 3.48. The Morgan fingerprint density at radius 2 is 1.67 bits per heavy atom. The van der Waals surface area contributed by atoms with E-state index in [0.29, 0.717) is 0 Å². The molecule has 0 aromatic heterocycles. The number of rotatable bonds is 4. The molecule has 0 bridgehead atoms. The molecule has 0 radical (unpaired) electrons. The monoisotopic (exact) mass is 174 g/mol. The van der Waals surface area contributed by atoms with Crippen LogP contribution in [0.4, 0.5) is 0 Å². The fourth-order valence-electron chi connectivity index (χ4n) is 0.449. The Bertz CT molecular complexity index is 176. The third-order valence-corrected chi connectivity index (χ3v) is 1.55. The van der Waals surface area contributed by atoms with Gasteiger partial charge in [-0.15, -0.1) is 0 Å². The lowest BCUT2D eigenvalue weighted by atomic mass is 10.3. The number of Topliss-reactive ketones (excluding diaryl/α,β-unsaturated/α-hetero) is 1. The Labute approximate surface area is 71.8 Å². The summed E-state index contributed by atoms with van der Waals surface area (Å²) in [7, 11) is 1.41. The van der Waals surface area contributed by atoms with E-state index in [4.69, 9.17) is 9.47 Å². The molecular formula is C8H14O4. The number of ether oxygens (including phenoxy) is 2. The van der Waals surface area contributed by atoms with Crippen LogP contribution in [0.15, 0.2) is 0 Å². The molecule has 0 rings (SSSR count). The standard InChI is InChI=1S/C8H14O4/c1-5(9)6(2)12-8(10)7(3)11-4/h6-7H,1-4H3/t6-,7-/m1/s1. The van der Waals surface area contributed by atoms with Gasteiger partial charge in [-0.2, -0.15) is 0 Å². The second-order valence-electron chi connectivity index (χ2n) is 2.57. The zero-order valence-electron chi connectivity index (χ0n) is 7.79. The summed E-state index contributed by atoms with van der Waals surface area (Å²) >= 11 is 0. The summed E-state index contributed by atoms with van der Waals surface area (Å²) in [6.45, 7) is 4.47. The summed E-state index contributed by atoms with van der Waals surface area (Å²) in [6, 6.07) is 0. The van der Waals surface area contributed by atoms with Gasteiger partial charge in [0, 0.05) is 7.11 Å². The lowest BCUT2D eigenvalue weighted by Gasteiger charge is -2.13. The maximum atomic E-state index is 11.0. The second kappa shape index (κ2) is 4.87. The first kappa shape index (κ1) is 11.1. The Balaban J connectivity index is 3.92. The summed E-state index contributed by atoms with van der Waals surface area (Å²) in [4.78, 5) is 21.7. The van der Waals surface area contributed by atoms with Gasteiger partial charge in [0.1, 0.15) is 0 Å². The number of esters is 1. The van der Waals surface area contributed by atoms with Gasteiger partial charge in [0.05, 0.1) is 0 Å². The first-order valence-corrected chi connectivity index (χ1v) is 3.72. The van der Waals surface area contributed by atoms with E-state index in [1.807, 2.05) is 0 Å². The van der Waals surface area contributed by atoms with Crippen molar-refractivity contribution >= 4 is 11.8 Å². The van der Waals surface area contributed by atoms with Crippen molar-refractivity contribution in [2.45, 2.75) is 33.0 Å². The van der Waals surface area contributed by atoms with Gasteiger partial charge < -0.3 is 9.47 Å². The molecule has 0 saturated heterocycles. The quantitative estimate of drug-likeness (QED) is 0.584. The number of methoxy groups -OCH3 is 1. The van der Waals surface area contributed by atoms with Crippen LogP contribution in [-0.4, -0.2) is 31.1 Å². The van der Waals surface area contributed by atoms with Crippen LogP contribution < -0.4 is 0 Å². The normalized spacial score (nSPS) is 15.0. The molecule has 0 amide bonds.